The number of carbonyl (C=O) groups excluding carboxylic acids is 1. The van der Waals surface area contributed by atoms with Crippen LogP contribution in [-0.2, 0) is 23.8 Å². The molecule has 1 aromatic rings. The standard InChI is InChI=1S/C13H22N2O3/c1-6-8-9-14-11(13(3,4)17)10(15(9)5)12(16)18-7-2/h17H,6-8H2,1-5H3. The quantitative estimate of drug-likeness (QED) is 0.813. The molecule has 18 heavy (non-hydrogen) atoms. The van der Waals surface area contributed by atoms with E-state index in [2.05, 4.69) is 4.98 Å². The summed E-state index contributed by atoms with van der Waals surface area (Å²) in [5, 5.41) is 10.1. The Morgan fingerprint density at radius 1 is 1.44 bits per heavy atom. The molecule has 0 spiro atoms. The van der Waals surface area contributed by atoms with Crippen molar-refractivity contribution in [3.8, 4) is 0 Å². The molecule has 1 heterocycles. The zero-order chi connectivity index (χ0) is 13.9. The summed E-state index contributed by atoms with van der Waals surface area (Å²) < 4.78 is 6.74. The van der Waals surface area contributed by atoms with Gasteiger partial charge in [-0.2, -0.15) is 0 Å². The van der Waals surface area contributed by atoms with Crippen LogP contribution in [0.15, 0.2) is 0 Å². The monoisotopic (exact) mass is 254 g/mol. The van der Waals surface area contributed by atoms with E-state index < -0.39 is 11.6 Å². The van der Waals surface area contributed by atoms with Crippen LogP contribution in [0.1, 0.15) is 56.1 Å². The van der Waals surface area contributed by atoms with E-state index in [4.69, 9.17) is 4.74 Å². The molecule has 0 saturated carbocycles. The second-order valence-electron chi connectivity index (χ2n) is 4.81. The molecule has 0 radical (unpaired) electrons. The average Bonchev–Trinajstić information content (AvgIpc) is 2.57. The highest BCUT2D eigenvalue weighted by Crippen LogP contribution is 2.24. The number of carbonyl (C=O) groups is 1. The Morgan fingerprint density at radius 2 is 2.06 bits per heavy atom. The van der Waals surface area contributed by atoms with Gasteiger partial charge in [0.15, 0.2) is 5.69 Å². The van der Waals surface area contributed by atoms with Crippen LogP contribution in [0.4, 0.5) is 0 Å². The van der Waals surface area contributed by atoms with E-state index in [1.54, 1.807) is 32.4 Å². The van der Waals surface area contributed by atoms with Crippen LogP contribution in [0.2, 0.25) is 0 Å². The smallest absolute Gasteiger partial charge is 0.357 e. The molecule has 0 saturated heterocycles. The van der Waals surface area contributed by atoms with Crippen LogP contribution < -0.4 is 0 Å². The van der Waals surface area contributed by atoms with E-state index >= 15 is 0 Å². The summed E-state index contributed by atoms with van der Waals surface area (Å²) in [6.45, 7) is 7.34. The number of esters is 1. The second kappa shape index (κ2) is 5.52. The number of imidazole rings is 1. The Kier molecular flexibility index (Phi) is 4.51. The second-order valence-corrected chi connectivity index (χ2v) is 4.81. The first-order valence-electron chi connectivity index (χ1n) is 6.28. The molecule has 0 aliphatic heterocycles. The minimum absolute atomic E-state index is 0.304. The van der Waals surface area contributed by atoms with Crippen LogP contribution in [-0.4, -0.2) is 27.2 Å². The summed E-state index contributed by atoms with van der Waals surface area (Å²) in [5.41, 5.74) is -0.439. The maximum Gasteiger partial charge on any atom is 0.357 e. The molecular weight excluding hydrogens is 232 g/mol. The fourth-order valence-electron chi connectivity index (χ4n) is 1.85. The van der Waals surface area contributed by atoms with Crippen LogP contribution in [0.3, 0.4) is 0 Å². The van der Waals surface area contributed by atoms with E-state index in [0.717, 1.165) is 18.7 Å². The van der Waals surface area contributed by atoms with Gasteiger partial charge in [0.1, 0.15) is 17.1 Å². The van der Waals surface area contributed by atoms with E-state index in [-0.39, 0.29) is 0 Å². The zero-order valence-electron chi connectivity index (χ0n) is 11.8. The van der Waals surface area contributed by atoms with Crippen LogP contribution in [0, 0.1) is 0 Å². The number of nitrogens with zero attached hydrogens (tertiary/aromatic N) is 2. The summed E-state index contributed by atoms with van der Waals surface area (Å²) >= 11 is 0. The Morgan fingerprint density at radius 3 is 2.50 bits per heavy atom. The predicted molar refractivity (Wildman–Crippen MR) is 68.4 cm³/mol. The Hall–Kier alpha value is -1.36. The average molecular weight is 254 g/mol. The van der Waals surface area contributed by atoms with Crippen LogP contribution >= 0.6 is 0 Å². The van der Waals surface area contributed by atoms with Gasteiger partial charge in [0, 0.05) is 13.5 Å². The van der Waals surface area contributed by atoms with Crippen molar-refractivity contribution in [1.82, 2.24) is 9.55 Å². The molecule has 1 aromatic heterocycles. The van der Waals surface area contributed by atoms with Crippen LogP contribution in [0.25, 0.3) is 0 Å². The van der Waals surface area contributed by atoms with Gasteiger partial charge in [0.05, 0.1) is 6.61 Å². The number of hydrogen-bond acceptors (Lipinski definition) is 4. The fourth-order valence-corrected chi connectivity index (χ4v) is 1.85. The molecule has 102 valence electrons. The van der Waals surface area contributed by atoms with Crippen molar-refractivity contribution < 1.29 is 14.6 Å². The van der Waals surface area contributed by atoms with Crippen molar-refractivity contribution in [1.29, 1.82) is 0 Å². The molecule has 0 amide bonds. The molecule has 5 heteroatoms. The van der Waals surface area contributed by atoms with Crippen molar-refractivity contribution in [2.75, 3.05) is 6.61 Å². The molecular formula is C13H22N2O3. The van der Waals surface area contributed by atoms with Gasteiger partial charge in [-0.15, -0.1) is 0 Å². The predicted octanol–water partition coefficient (Wildman–Crippen LogP) is 1.78. The van der Waals surface area contributed by atoms with Gasteiger partial charge in [-0.05, 0) is 27.2 Å². The van der Waals surface area contributed by atoms with E-state index in [9.17, 15) is 9.90 Å². The highest BCUT2D eigenvalue weighted by Gasteiger charge is 2.31. The molecule has 0 aliphatic rings. The first kappa shape index (κ1) is 14.7. The Bertz CT molecular complexity index is 430. The molecule has 1 N–H and O–H groups in total. The maximum atomic E-state index is 12.0. The highest BCUT2D eigenvalue weighted by molar-refractivity contribution is 5.89. The zero-order valence-corrected chi connectivity index (χ0v) is 11.8. The van der Waals surface area contributed by atoms with Crippen molar-refractivity contribution in [2.45, 2.75) is 46.1 Å². The molecule has 0 aliphatic carbocycles. The summed E-state index contributed by atoms with van der Waals surface area (Å²) in [4.78, 5) is 16.3. The maximum absolute atomic E-state index is 12.0. The van der Waals surface area contributed by atoms with Gasteiger partial charge < -0.3 is 14.4 Å². The summed E-state index contributed by atoms with van der Waals surface area (Å²) in [7, 11) is 1.78. The number of ether oxygens (including phenoxy) is 1. The van der Waals surface area contributed by atoms with E-state index in [1.165, 1.54) is 0 Å². The first-order valence-corrected chi connectivity index (χ1v) is 6.28. The third kappa shape index (κ3) is 2.90. The number of aliphatic hydroxyl groups is 1. The fraction of sp³-hybridized carbons (Fsp3) is 0.692. The van der Waals surface area contributed by atoms with Crippen molar-refractivity contribution in [3.63, 3.8) is 0 Å². The van der Waals surface area contributed by atoms with Crippen molar-refractivity contribution in [2.24, 2.45) is 7.05 Å². The molecule has 0 fully saturated rings. The van der Waals surface area contributed by atoms with Gasteiger partial charge in [0.2, 0.25) is 0 Å². The van der Waals surface area contributed by atoms with Crippen LogP contribution in [0.5, 0.6) is 0 Å². The van der Waals surface area contributed by atoms with Gasteiger partial charge in [-0.25, -0.2) is 9.78 Å². The Balaban J connectivity index is 3.31. The van der Waals surface area contributed by atoms with Gasteiger partial charge in [-0.1, -0.05) is 6.92 Å². The summed E-state index contributed by atoms with van der Waals surface area (Å²) in [6, 6.07) is 0. The van der Waals surface area contributed by atoms with Gasteiger partial charge in [-0.3, -0.25) is 0 Å². The molecule has 0 aromatic carbocycles. The minimum atomic E-state index is -1.16. The normalized spacial score (nSPS) is 11.7. The summed E-state index contributed by atoms with van der Waals surface area (Å²) in [5.74, 6) is 0.352. The van der Waals surface area contributed by atoms with Gasteiger partial charge >= 0.3 is 5.97 Å². The molecule has 1 rings (SSSR count). The molecule has 5 nitrogen and oxygen atoms in total. The van der Waals surface area contributed by atoms with E-state index in [0.29, 0.717) is 18.0 Å². The number of aryl methyl sites for hydroxylation is 1. The largest absolute Gasteiger partial charge is 0.461 e. The highest BCUT2D eigenvalue weighted by atomic mass is 16.5. The molecule has 0 unspecified atom stereocenters. The number of aromatic nitrogens is 2. The Labute approximate surface area is 108 Å². The lowest BCUT2D eigenvalue weighted by Gasteiger charge is -2.16. The number of rotatable bonds is 5. The summed E-state index contributed by atoms with van der Waals surface area (Å²) in [6.07, 6.45) is 1.69. The lowest BCUT2D eigenvalue weighted by atomic mass is 10.0. The third-order valence-electron chi connectivity index (χ3n) is 2.71. The topological polar surface area (TPSA) is 64.3 Å². The first-order chi connectivity index (χ1) is 8.32. The third-order valence-corrected chi connectivity index (χ3v) is 2.71. The molecule has 0 bridgehead atoms. The minimum Gasteiger partial charge on any atom is -0.461 e. The van der Waals surface area contributed by atoms with Gasteiger partial charge in [0.25, 0.3) is 0 Å². The molecule has 0 atom stereocenters. The van der Waals surface area contributed by atoms with E-state index in [1.807, 2.05) is 6.92 Å². The van der Waals surface area contributed by atoms with Crippen molar-refractivity contribution >= 4 is 5.97 Å². The lowest BCUT2D eigenvalue weighted by molar-refractivity contribution is 0.0470. The lowest BCUT2D eigenvalue weighted by Crippen LogP contribution is -2.22. The number of hydrogen-bond donors (Lipinski definition) is 1. The SMILES string of the molecule is CCCc1nc(C(C)(C)O)c(C(=O)OCC)n1C. The van der Waals surface area contributed by atoms with Crippen molar-refractivity contribution in [3.05, 3.63) is 17.2 Å².